The summed E-state index contributed by atoms with van der Waals surface area (Å²) >= 11 is 0. The Morgan fingerprint density at radius 2 is 1.61 bits per heavy atom. The second-order valence-electron chi connectivity index (χ2n) is 9.01. The summed E-state index contributed by atoms with van der Waals surface area (Å²) in [6.45, 7) is 10.5. The fraction of sp³-hybridized carbons (Fsp3) is 0.423. The first-order chi connectivity index (χ1) is 15.2. The van der Waals surface area contributed by atoms with Gasteiger partial charge in [0.05, 0.1) is 0 Å². The van der Waals surface area contributed by atoms with Crippen LogP contribution in [0.5, 0.6) is 5.75 Å². The van der Waals surface area contributed by atoms with Crippen LogP contribution >= 0.6 is 12.4 Å². The van der Waals surface area contributed by atoms with Crippen molar-refractivity contribution in [2.24, 2.45) is 0 Å². The molecule has 180 valence electrons. The van der Waals surface area contributed by atoms with Gasteiger partial charge in [-0.1, -0.05) is 36.4 Å². The van der Waals surface area contributed by atoms with E-state index in [0.29, 0.717) is 5.75 Å². The van der Waals surface area contributed by atoms with E-state index in [1.54, 1.807) is 13.0 Å². The molecule has 0 saturated carbocycles. The van der Waals surface area contributed by atoms with Crippen molar-refractivity contribution in [3.05, 3.63) is 66.2 Å². The summed E-state index contributed by atoms with van der Waals surface area (Å²) in [5, 5.41) is 10.5. The molecule has 2 atom stereocenters. The topological polar surface area (TPSA) is 62.2 Å². The van der Waals surface area contributed by atoms with Crippen molar-refractivity contribution in [3.8, 4) is 5.75 Å². The molecule has 0 aromatic heterocycles. The Labute approximate surface area is 203 Å². The maximum atomic E-state index is 12.1. The van der Waals surface area contributed by atoms with Crippen LogP contribution in [0.15, 0.2) is 60.7 Å². The molecule has 2 unspecified atom stereocenters. The molecule has 7 heteroatoms. The van der Waals surface area contributed by atoms with E-state index in [-0.39, 0.29) is 12.4 Å². The molecule has 6 nitrogen and oxygen atoms in total. The van der Waals surface area contributed by atoms with E-state index in [1.165, 1.54) is 11.8 Å². The van der Waals surface area contributed by atoms with Gasteiger partial charge in [-0.3, -0.25) is 4.90 Å². The summed E-state index contributed by atoms with van der Waals surface area (Å²) in [6, 6.07) is 17.8. The summed E-state index contributed by atoms with van der Waals surface area (Å²) in [4.78, 5) is 16.6. The molecule has 33 heavy (non-hydrogen) atoms. The maximum Gasteiger partial charge on any atom is 0.331 e. The van der Waals surface area contributed by atoms with E-state index in [4.69, 9.17) is 9.47 Å². The Morgan fingerprint density at radius 3 is 2.21 bits per heavy atom. The van der Waals surface area contributed by atoms with Crippen LogP contribution in [0, 0.1) is 0 Å². The van der Waals surface area contributed by atoms with Gasteiger partial charge in [0, 0.05) is 43.5 Å². The number of hydrogen-bond donors (Lipinski definition) is 1. The third-order valence-corrected chi connectivity index (χ3v) is 5.18. The predicted molar refractivity (Wildman–Crippen MR) is 135 cm³/mol. The van der Waals surface area contributed by atoms with Gasteiger partial charge in [-0.15, -0.1) is 12.4 Å². The number of ether oxygens (including phenoxy) is 2. The van der Waals surface area contributed by atoms with E-state index in [1.807, 2.05) is 63.2 Å². The number of anilines is 1. The van der Waals surface area contributed by atoms with Gasteiger partial charge < -0.3 is 19.5 Å². The van der Waals surface area contributed by atoms with Gasteiger partial charge in [0.2, 0.25) is 0 Å². The van der Waals surface area contributed by atoms with Crippen molar-refractivity contribution >= 4 is 30.1 Å². The highest BCUT2D eigenvalue weighted by atomic mass is 35.5. The minimum atomic E-state index is -0.679. The molecule has 0 bridgehead atoms. The van der Waals surface area contributed by atoms with E-state index in [9.17, 15) is 9.90 Å². The van der Waals surface area contributed by atoms with E-state index in [2.05, 4.69) is 21.9 Å². The lowest BCUT2D eigenvalue weighted by molar-refractivity contribution is -0.148. The standard InChI is InChI=1S/C26H34N2O4.ClH/c1-20(29)25(28-18-16-27(17-19-28)22-11-6-5-7-12-22)31-23-13-9-8-10-21(23)14-15-24(30)32-26(2,3)4;/h5-15,20,25,29H,16-19H2,1-4H3;1H. The zero-order chi connectivity index (χ0) is 23.1. The number of rotatable bonds is 7. The Bertz CT molecular complexity index is 904. The number of para-hydroxylation sites is 2. The average Bonchev–Trinajstić information content (AvgIpc) is 2.76. The van der Waals surface area contributed by atoms with Crippen molar-refractivity contribution in [2.45, 2.75) is 45.6 Å². The first kappa shape index (κ1) is 26.7. The van der Waals surface area contributed by atoms with E-state index < -0.39 is 23.9 Å². The third kappa shape index (κ3) is 8.07. The molecule has 0 spiro atoms. The Morgan fingerprint density at radius 1 is 1.00 bits per heavy atom. The molecule has 1 N–H and O–H groups in total. The molecule has 1 saturated heterocycles. The van der Waals surface area contributed by atoms with Gasteiger partial charge in [-0.05, 0) is 52.0 Å². The van der Waals surface area contributed by atoms with Gasteiger partial charge in [0.1, 0.15) is 17.5 Å². The number of esters is 1. The van der Waals surface area contributed by atoms with Crippen LogP contribution in [-0.2, 0) is 9.53 Å². The smallest absolute Gasteiger partial charge is 0.331 e. The largest absolute Gasteiger partial charge is 0.472 e. The van der Waals surface area contributed by atoms with Crippen molar-refractivity contribution < 1.29 is 19.4 Å². The SMILES string of the molecule is CC(O)C(Oc1ccccc1C=CC(=O)OC(C)(C)C)N1CCN(c2ccccc2)CC1.Cl. The summed E-state index contributed by atoms with van der Waals surface area (Å²) in [6.07, 6.45) is 1.93. The molecule has 1 heterocycles. The van der Waals surface area contributed by atoms with Gasteiger partial charge in [-0.2, -0.15) is 0 Å². The van der Waals surface area contributed by atoms with Crippen LogP contribution in [0.2, 0.25) is 0 Å². The number of carbonyl (C=O) groups excluding carboxylic acids is 1. The summed E-state index contributed by atoms with van der Waals surface area (Å²) in [7, 11) is 0. The molecule has 0 aliphatic carbocycles. The Hall–Kier alpha value is -2.54. The van der Waals surface area contributed by atoms with E-state index >= 15 is 0 Å². The lowest BCUT2D eigenvalue weighted by Crippen LogP contribution is -2.55. The minimum absolute atomic E-state index is 0. The molecular formula is C26H35ClN2O4. The molecular weight excluding hydrogens is 440 g/mol. The predicted octanol–water partition coefficient (Wildman–Crippen LogP) is 4.37. The molecule has 1 aliphatic heterocycles. The first-order valence-electron chi connectivity index (χ1n) is 11.1. The quantitative estimate of drug-likeness (QED) is 0.475. The number of hydrogen-bond acceptors (Lipinski definition) is 6. The van der Waals surface area contributed by atoms with Gasteiger partial charge >= 0.3 is 5.97 Å². The number of benzene rings is 2. The highest BCUT2D eigenvalue weighted by Gasteiger charge is 2.29. The van der Waals surface area contributed by atoms with Crippen LogP contribution in [0.1, 0.15) is 33.3 Å². The fourth-order valence-corrected chi connectivity index (χ4v) is 3.70. The lowest BCUT2D eigenvalue weighted by Gasteiger charge is -2.41. The average molecular weight is 475 g/mol. The van der Waals surface area contributed by atoms with Crippen LogP contribution in [0.25, 0.3) is 6.08 Å². The highest BCUT2D eigenvalue weighted by Crippen LogP contribution is 2.24. The van der Waals surface area contributed by atoms with Crippen molar-refractivity contribution in [1.29, 1.82) is 0 Å². The Balaban J connectivity index is 0.00000385. The number of aliphatic hydroxyl groups excluding tert-OH is 1. The molecule has 1 aliphatic rings. The summed E-state index contributed by atoms with van der Waals surface area (Å²) in [5.41, 5.74) is 1.42. The number of nitrogens with zero attached hydrogens (tertiary/aromatic N) is 2. The van der Waals surface area contributed by atoms with Crippen molar-refractivity contribution in [3.63, 3.8) is 0 Å². The number of aliphatic hydroxyl groups is 1. The van der Waals surface area contributed by atoms with Gasteiger partial charge in [0.15, 0.2) is 6.23 Å². The van der Waals surface area contributed by atoms with Crippen LogP contribution in [0.3, 0.4) is 0 Å². The van der Waals surface area contributed by atoms with Crippen LogP contribution in [-0.4, -0.2) is 60.1 Å². The summed E-state index contributed by atoms with van der Waals surface area (Å²) < 4.78 is 11.6. The zero-order valence-electron chi connectivity index (χ0n) is 19.8. The highest BCUT2D eigenvalue weighted by molar-refractivity contribution is 5.87. The Kier molecular flexibility index (Phi) is 9.77. The third-order valence-electron chi connectivity index (χ3n) is 5.18. The molecule has 1 fully saturated rings. The van der Waals surface area contributed by atoms with E-state index in [0.717, 1.165) is 31.7 Å². The molecule has 0 amide bonds. The molecule has 2 aromatic carbocycles. The number of halogens is 1. The lowest BCUT2D eigenvalue weighted by atomic mass is 10.1. The number of piperazine rings is 1. The number of carbonyl (C=O) groups is 1. The fourth-order valence-electron chi connectivity index (χ4n) is 3.70. The van der Waals surface area contributed by atoms with Gasteiger partial charge in [-0.25, -0.2) is 4.79 Å². The maximum absolute atomic E-state index is 12.1. The minimum Gasteiger partial charge on any atom is -0.472 e. The first-order valence-corrected chi connectivity index (χ1v) is 11.1. The molecule has 0 radical (unpaired) electrons. The second-order valence-corrected chi connectivity index (χ2v) is 9.01. The van der Waals surface area contributed by atoms with Gasteiger partial charge in [0.25, 0.3) is 0 Å². The van der Waals surface area contributed by atoms with Crippen LogP contribution < -0.4 is 9.64 Å². The van der Waals surface area contributed by atoms with Crippen LogP contribution in [0.4, 0.5) is 5.69 Å². The summed E-state index contributed by atoms with van der Waals surface area (Å²) in [5.74, 6) is 0.208. The van der Waals surface area contributed by atoms with Crippen molar-refractivity contribution in [2.75, 3.05) is 31.1 Å². The van der Waals surface area contributed by atoms with Crippen molar-refractivity contribution in [1.82, 2.24) is 4.90 Å². The second kappa shape index (κ2) is 12.1. The normalized spacial score (nSPS) is 16.7. The monoisotopic (exact) mass is 474 g/mol. The molecule has 2 aromatic rings. The zero-order valence-corrected chi connectivity index (χ0v) is 20.6. The molecule has 3 rings (SSSR count).